The third kappa shape index (κ3) is 3.49. The van der Waals surface area contributed by atoms with Gasteiger partial charge in [-0.05, 0) is 36.3 Å². The normalized spacial score (nSPS) is 20.4. The number of aromatic nitrogens is 2. The first-order valence-electron chi connectivity index (χ1n) is 6.47. The molecule has 0 saturated carbocycles. The molecule has 0 spiro atoms. The molecular formula is C13H23N3S. The van der Waals surface area contributed by atoms with E-state index in [9.17, 15) is 0 Å². The van der Waals surface area contributed by atoms with Crippen LogP contribution in [0.3, 0.4) is 0 Å². The predicted octanol–water partition coefficient (Wildman–Crippen LogP) is 2.39. The fraction of sp³-hybridized carbons (Fsp3) is 0.769. The van der Waals surface area contributed by atoms with Crippen molar-refractivity contribution >= 4 is 11.8 Å². The number of rotatable bonds is 5. The smallest absolute Gasteiger partial charge is 0.0694 e. The fourth-order valence-corrected chi connectivity index (χ4v) is 3.62. The number of thioether (sulfide) groups is 1. The lowest BCUT2D eigenvalue weighted by Crippen LogP contribution is -2.22. The summed E-state index contributed by atoms with van der Waals surface area (Å²) < 4.78 is 1.93. The van der Waals surface area contributed by atoms with Gasteiger partial charge in [0.25, 0.3) is 0 Å². The van der Waals surface area contributed by atoms with E-state index in [2.05, 4.69) is 42.2 Å². The Balaban J connectivity index is 1.85. The maximum Gasteiger partial charge on any atom is 0.0694 e. The first-order valence-corrected chi connectivity index (χ1v) is 7.63. The van der Waals surface area contributed by atoms with Crippen LogP contribution in [0.25, 0.3) is 0 Å². The second-order valence-electron chi connectivity index (χ2n) is 5.23. The molecule has 1 aromatic heterocycles. The van der Waals surface area contributed by atoms with Crippen molar-refractivity contribution in [1.82, 2.24) is 15.1 Å². The van der Waals surface area contributed by atoms with E-state index in [0.29, 0.717) is 5.92 Å². The summed E-state index contributed by atoms with van der Waals surface area (Å²) in [7, 11) is 2.00. The van der Waals surface area contributed by atoms with E-state index in [0.717, 1.165) is 19.0 Å². The predicted molar refractivity (Wildman–Crippen MR) is 74.4 cm³/mol. The van der Waals surface area contributed by atoms with Gasteiger partial charge in [-0.25, -0.2) is 0 Å². The Hall–Kier alpha value is -0.480. The first kappa shape index (κ1) is 13.0. The Morgan fingerprint density at radius 1 is 1.59 bits per heavy atom. The zero-order chi connectivity index (χ0) is 12.3. The Labute approximate surface area is 108 Å². The van der Waals surface area contributed by atoms with E-state index in [1.165, 1.54) is 29.2 Å². The molecule has 0 aliphatic carbocycles. The van der Waals surface area contributed by atoms with Crippen LogP contribution in [0.15, 0.2) is 6.20 Å². The van der Waals surface area contributed by atoms with Gasteiger partial charge in [0, 0.05) is 25.4 Å². The molecule has 0 amide bonds. The van der Waals surface area contributed by atoms with Crippen LogP contribution < -0.4 is 5.32 Å². The molecule has 1 atom stereocenters. The van der Waals surface area contributed by atoms with E-state index in [-0.39, 0.29) is 0 Å². The largest absolute Gasteiger partial charge is 0.312 e. The van der Waals surface area contributed by atoms with Gasteiger partial charge in [0.2, 0.25) is 0 Å². The van der Waals surface area contributed by atoms with Crippen molar-refractivity contribution in [3.05, 3.63) is 17.5 Å². The molecule has 2 heterocycles. The van der Waals surface area contributed by atoms with Crippen molar-refractivity contribution in [2.24, 2.45) is 13.0 Å². The number of nitrogens with zero attached hydrogens (tertiary/aromatic N) is 2. The van der Waals surface area contributed by atoms with E-state index in [4.69, 9.17) is 0 Å². The van der Waals surface area contributed by atoms with Gasteiger partial charge in [-0.15, -0.1) is 0 Å². The zero-order valence-corrected chi connectivity index (χ0v) is 11.9. The van der Waals surface area contributed by atoms with Crippen LogP contribution in [0.4, 0.5) is 0 Å². The average Bonchev–Trinajstić information content (AvgIpc) is 2.88. The van der Waals surface area contributed by atoms with Crippen molar-refractivity contribution in [2.75, 3.05) is 18.1 Å². The van der Waals surface area contributed by atoms with Crippen molar-refractivity contribution in [2.45, 2.75) is 32.7 Å². The second-order valence-corrected chi connectivity index (χ2v) is 6.38. The van der Waals surface area contributed by atoms with Crippen molar-refractivity contribution in [1.29, 1.82) is 0 Å². The summed E-state index contributed by atoms with van der Waals surface area (Å²) >= 11 is 2.08. The Morgan fingerprint density at radius 2 is 2.41 bits per heavy atom. The fourth-order valence-electron chi connectivity index (χ4n) is 2.33. The van der Waals surface area contributed by atoms with Crippen LogP contribution in [-0.4, -0.2) is 27.8 Å². The molecule has 1 fully saturated rings. The second kappa shape index (κ2) is 5.91. The maximum absolute atomic E-state index is 4.53. The van der Waals surface area contributed by atoms with E-state index in [1.807, 2.05) is 11.7 Å². The number of hydrogen-bond donors (Lipinski definition) is 1. The number of aryl methyl sites for hydroxylation is 1. The highest BCUT2D eigenvalue weighted by Gasteiger charge is 2.16. The minimum Gasteiger partial charge on any atom is -0.312 e. The summed E-state index contributed by atoms with van der Waals surface area (Å²) in [4.78, 5) is 0. The quantitative estimate of drug-likeness (QED) is 0.874. The molecule has 1 aromatic rings. The number of nitrogens with one attached hydrogen (secondary N) is 1. The van der Waals surface area contributed by atoms with E-state index < -0.39 is 0 Å². The maximum atomic E-state index is 4.53. The van der Waals surface area contributed by atoms with Gasteiger partial charge in [0.1, 0.15) is 0 Å². The van der Waals surface area contributed by atoms with Gasteiger partial charge in [0.05, 0.1) is 5.69 Å². The first-order chi connectivity index (χ1) is 8.16. The highest BCUT2D eigenvalue weighted by Crippen LogP contribution is 2.23. The van der Waals surface area contributed by atoms with Gasteiger partial charge < -0.3 is 5.32 Å². The molecule has 2 rings (SSSR count). The van der Waals surface area contributed by atoms with Gasteiger partial charge in [-0.3, -0.25) is 4.68 Å². The van der Waals surface area contributed by atoms with Crippen LogP contribution in [-0.2, 0) is 13.6 Å². The van der Waals surface area contributed by atoms with E-state index >= 15 is 0 Å². The van der Waals surface area contributed by atoms with Crippen molar-refractivity contribution < 1.29 is 0 Å². The van der Waals surface area contributed by atoms with Gasteiger partial charge in [-0.2, -0.15) is 16.9 Å². The molecule has 0 radical (unpaired) electrons. The third-order valence-corrected chi connectivity index (χ3v) is 4.49. The molecule has 4 heteroatoms. The summed E-state index contributed by atoms with van der Waals surface area (Å²) in [5, 5.41) is 8.12. The minimum atomic E-state index is 0.509. The molecule has 3 nitrogen and oxygen atoms in total. The number of hydrogen-bond acceptors (Lipinski definition) is 3. The minimum absolute atomic E-state index is 0.509. The zero-order valence-electron chi connectivity index (χ0n) is 11.1. The summed E-state index contributed by atoms with van der Waals surface area (Å²) in [5.74, 6) is 4.06. The summed E-state index contributed by atoms with van der Waals surface area (Å²) in [6.45, 7) is 6.53. The van der Waals surface area contributed by atoms with Gasteiger partial charge in [0.15, 0.2) is 0 Å². The molecule has 1 aliphatic heterocycles. The SMILES string of the molecule is CC(C)c1nn(C)cc1CNCC1CCSC1. The van der Waals surface area contributed by atoms with Crippen LogP contribution in [0, 0.1) is 5.92 Å². The van der Waals surface area contributed by atoms with Crippen molar-refractivity contribution in [3.8, 4) is 0 Å². The molecule has 1 aliphatic rings. The summed E-state index contributed by atoms with van der Waals surface area (Å²) in [6.07, 6.45) is 3.52. The Morgan fingerprint density at radius 3 is 3.06 bits per heavy atom. The topological polar surface area (TPSA) is 29.9 Å². The molecule has 1 N–H and O–H groups in total. The highest BCUT2D eigenvalue weighted by molar-refractivity contribution is 7.99. The van der Waals surface area contributed by atoms with Crippen LogP contribution >= 0.6 is 11.8 Å². The molecule has 96 valence electrons. The monoisotopic (exact) mass is 253 g/mol. The lowest BCUT2D eigenvalue weighted by atomic mass is 10.1. The highest BCUT2D eigenvalue weighted by atomic mass is 32.2. The molecule has 1 saturated heterocycles. The molecule has 0 bridgehead atoms. The average molecular weight is 253 g/mol. The molecular weight excluding hydrogens is 230 g/mol. The van der Waals surface area contributed by atoms with Crippen molar-refractivity contribution in [3.63, 3.8) is 0 Å². The third-order valence-electron chi connectivity index (χ3n) is 3.26. The van der Waals surface area contributed by atoms with Gasteiger partial charge >= 0.3 is 0 Å². The van der Waals surface area contributed by atoms with Gasteiger partial charge in [-0.1, -0.05) is 13.8 Å². The van der Waals surface area contributed by atoms with E-state index in [1.54, 1.807) is 0 Å². The molecule has 0 aromatic carbocycles. The lowest BCUT2D eigenvalue weighted by molar-refractivity contribution is 0.521. The Bertz CT molecular complexity index is 354. The molecule has 1 unspecified atom stereocenters. The van der Waals surface area contributed by atoms with Crippen LogP contribution in [0.5, 0.6) is 0 Å². The summed E-state index contributed by atoms with van der Waals surface area (Å²) in [5.41, 5.74) is 2.59. The summed E-state index contributed by atoms with van der Waals surface area (Å²) in [6, 6.07) is 0. The van der Waals surface area contributed by atoms with Crippen LogP contribution in [0.2, 0.25) is 0 Å². The Kier molecular flexibility index (Phi) is 4.51. The lowest BCUT2D eigenvalue weighted by Gasteiger charge is -2.10. The standard InChI is InChI=1S/C13H23N3S/c1-10(2)13-12(8-16(3)15-13)7-14-6-11-4-5-17-9-11/h8,10-11,14H,4-7,9H2,1-3H3. The van der Waals surface area contributed by atoms with Crippen LogP contribution in [0.1, 0.15) is 37.4 Å². The molecule has 17 heavy (non-hydrogen) atoms.